The Morgan fingerprint density at radius 2 is 1.68 bits per heavy atom. The SMILES string of the molecule is Cc1cccc(C(CC(=O)O)NC(=O)C2N(C(=O)OCc3ccccc3)CCCN2C(=O)c2ccc(F)cc2)c1. The minimum absolute atomic E-state index is 0.0403. The molecule has 3 aromatic carbocycles. The molecule has 0 aliphatic carbocycles. The number of aryl methyl sites for hydroxylation is 1. The summed E-state index contributed by atoms with van der Waals surface area (Å²) < 4.78 is 19.0. The lowest BCUT2D eigenvalue weighted by Crippen LogP contribution is -2.63. The van der Waals surface area contributed by atoms with Gasteiger partial charge in [-0.1, -0.05) is 60.2 Å². The quantitative estimate of drug-likeness (QED) is 0.435. The zero-order valence-electron chi connectivity index (χ0n) is 22.0. The maximum atomic E-state index is 13.8. The van der Waals surface area contributed by atoms with E-state index in [2.05, 4.69) is 5.32 Å². The van der Waals surface area contributed by atoms with Crippen LogP contribution in [-0.2, 0) is 20.9 Å². The normalized spacial score (nSPS) is 15.7. The molecule has 3 amide bonds. The van der Waals surface area contributed by atoms with Gasteiger partial charge in [0.2, 0.25) is 0 Å². The van der Waals surface area contributed by atoms with Crippen LogP contribution in [0.3, 0.4) is 0 Å². The average Bonchev–Trinajstić information content (AvgIpc) is 2.95. The molecule has 1 heterocycles. The Morgan fingerprint density at radius 3 is 2.35 bits per heavy atom. The van der Waals surface area contributed by atoms with Crippen LogP contribution in [-0.4, -0.2) is 58.0 Å². The fourth-order valence-electron chi connectivity index (χ4n) is 4.63. The summed E-state index contributed by atoms with van der Waals surface area (Å²) in [6.07, 6.45) is -2.26. The standard InChI is InChI=1S/C30H30FN3O6/c1-20-7-5-10-23(17-20)25(18-26(35)36)32-27(37)28-33(29(38)22-11-13-24(31)14-12-22)15-6-16-34(28)30(39)40-19-21-8-3-2-4-9-21/h2-5,7-14,17,25,28H,6,15-16,18-19H2,1H3,(H,32,37)(H,35,36). The van der Waals surface area contributed by atoms with Gasteiger partial charge >= 0.3 is 12.1 Å². The Kier molecular flexibility index (Phi) is 9.11. The summed E-state index contributed by atoms with van der Waals surface area (Å²) in [6, 6.07) is 20.0. The van der Waals surface area contributed by atoms with E-state index in [4.69, 9.17) is 4.74 Å². The number of nitrogens with one attached hydrogen (secondary N) is 1. The Bertz CT molecular complexity index is 1370. The number of rotatable bonds is 8. The highest BCUT2D eigenvalue weighted by Gasteiger charge is 2.42. The zero-order chi connectivity index (χ0) is 28.6. The second-order valence-electron chi connectivity index (χ2n) is 9.54. The van der Waals surface area contributed by atoms with Crippen molar-refractivity contribution in [1.29, 1.82) is 0 Å². The first-order valence-electron chi connectivity index (χ1n) is 12.9. The summed E-state index contributed by atoms with van der Waals surface area (Å²) in [5, 5.41) is 12.3. The average molecular weight is 548 g/mol. The predicted molar refractivity (Wildman–Crippen MR) is 143 cm³/mol. The zero-order valence-corrected chi connectivity index (χ0v) is 22.0. The maximum Gasteiger partial charge on any atom is 0.412 e. The number of nitrogens with zero attached hydrogens (tertiary/aromatic N) is 2. The van der Waals surface area contributed by atoms with Crippen molar-refractivity contribution in [3.8, 4) is 0 Å². The highest BCUT2D eigenvalue weighted by molar-refractivity contribution is 5.98. The fraction of sp³-hybridized carbons (Fsp3) is 0.267. The van der Waals surface area contributed by atoms with E-state index in [0.29, 0.717) is 12.0 Å². The number of carbonyl (C=O) groups excluding carboxylic acids is 3. The van der Waals surface area contributed by atoms with E-state index in [1.807, 2.05) is 19.1 Å². The van der Waals surface area contributed by atoms with E-state index in [0.717, 1.165) is 28.2 Å². The minimum atomic E-state index is -1.42. The number of amides is 3. The lowest BCUT2D eigenvalue weighted by Gasteiger charge is -2.42. The summed E-state index contributed by atoms with van der Waals surface area (Å²) in [5.41, 5.74) is 2.33. The van der Waals surface area contributed by atoms with Crippen LogP contribution in [0, 0.1) is 12.7 Å². The van der Waals surface area contributed by atoms with Crippen molar-refractivity contribution in [2.45, 2.75) is 38.6 Å². The van der Waals surface area contributed by atoms with Gasteiger partial charge in [0, 0.05) is 18.7 Å². The maximum absolute atomic E-state index is 13.8. The summed E-state index contributed by atoms with van der Waals surface area (Å²) in [7, 11) is 0. The van der Waals surface area contributed by atoms with E-state index in [1.54, 1.807) is 42.5 Å². The van der Waals surface area contributed by atoms with E-state index >= 15 is 0 Å². The van der Waals surface area contributed by atoms with Crippen LogP contribution in [0.4, 0.5) is 9.18 Å². The number of carboxylic acids is 1. The monoisotopic (exact) mass is 547 g/mol. The number of carbonyl (C=O) groups is 4. The molecule has 0 bridgehead atoms. The van der Waals surface area contributed by atoms with Crippen molar-refractivity contribution in [2.24, 2.45) is 0 Å². The molecule has 0 aromatic heterocycles. The predicted octanol–water partition coefficient (Wildman–Crippen LogP) is 4.28. The molecule has 3 aromatic rings. The number of hydrogen-bond acceptors (Lipinski definition) is 5. The van der Waals surface area contributed by atoms with Crippen LogP contribution < -0.4 is 5.32 Å². The second kappa shape index (κ2) is 12.9. The Labute approximate surface area is 231 Å². The first kappa shape index (κ1) is 28.3. The molecule has 40 heavy (non-hydrogen) atoms. The molecule has 1 saturated heterocycles. The number of carboxylic acid groups (broad SMARTS) is 1. The highest BCUT2D eigenvalue weighted by Crippen LogP contribution is 2.23. The van der Waals surface area contributed by atoms with Crippen molar-refractivity contribution >= 4 is 23.9 Å². The molecule has 1 fully saturated rings. The van der Waals surface area contributed by atoms with Gasteiger partial charge in [-0.2, -0.15) is 0 Å². The van der Waals surface area contributed by atoms with Crippen LogP contribution in [0.1, 0.15) is 45.9 Å². The van der Waals surface area contributed by atoms with Crippen LogP contribution in [0.5, 0.6) is 0 Å². The largest absolute Gasteiger partial charge is 0.481 e. The molecule has 0 saturated carbocycles. The van der Waals surface area contributed by atoms with Crippen molar-refractivity contribution in [3.63, 3.8) is 0 Å². The van der Waals surface area contributed by atoms with Gasteiger partial charge in [0.15, 0.2) is 6.17 Å². The van der Waals surface area contributed by atoms with Crippen LogP contribution in [0.2, 0.25) is 0 Å². The number of halogens is 1. The van der Waals surface area contributed by atoms with Gasteiger partial charge in [0.05, 0.1) is 12.5 Å². The van der Waals surface area contributed by atoms with E-state index in [-0.39, 0.29) is 25.3 Å². The van der Waals surface area contributed by atoms with Gasteiger partial charge in [0.1, 0.15) is 12.4 Å². The molecular formula is C30H30FN3O6. The van der Waals surface area contributed by atoms with E-state index in [1.165, 1.54) is 17.0 Å². The van der Waals surface area contributed by atoms with E-state index in [9.17, 15) is 28.7 Å². The molecular weight excluding hydrogens is 517 g/mol. The molecule has 10 heteroatoms. The van der Waals surface area contributed by atoms with Gasteiger partial charge in [-0.3, -0.25) is 19.3 Å². The molecule has 2 N–H and O–H groups in total. The lowest BCUT2D eigenvalue weighted by molar-refractivity contribution is -0.139. The van der Waals surface area contributed by atoms with Crippen molar-refractivity contribution in [3.05, 3.63) is 107 Å². The first-order chi connectivity index (χ1) is 19.2. The van der Waals surface area contributed by atoms with Crippen LogP contribution >= 0.6 is 0 Å². The van der Waals surface area contributed by atoms with Crippen LogP contribution in [0.15, 0.2) is 78.9 Å². The number of benzene rings is 3. The number of ether oxygens (including phenoxy) is 1. The lowest BCUT2D eigenvalue weighted by atomic mass is 10.0. The third-order valence-corrected chi connectivity index (χ3v) is 6.55. The summed E-state index contributed by atoms with van der Waals surface area (Å²) >= 11 is 0. The Balaban J connectivity index is 1.64. The fourth-order valence-corrected chi connectivity index (χ4v) is 4.63. The van der Waals surface area contributed by atoms with Gasteiger partial charge in [-0.25, -0.2) is 9.18 Å². The van der Waals surface area contributed by atoms with Gasteiger partial charge in [-0.05, 0) is 48.7 Å². The van der Waals surface area contributed by atoms with Crippen molar-refractivity contribution in [1.82, 2.24) is 15.1 Å². The molecule has 2 unspecified atom stereocenters. The van der Waals surface area contributed by atoms with Gasteiger partial charge < -0.3 is 20.1 Å². The highest BCUT2D eigenvalue weighted by atomic mass is 19.1. The molecule has 4 rings (SSSR count). The van der Waals surface area contributed by atoms with E-state index < -0.39 is 48.3 Å². The first-order valence-corrected chi connectivity index (χ1v) is 12.9. The number of hydrogen-bond donors (Lipinski definition) is 2. The third-order valence-electron chi connectivity index (χ3n) is 6.55. The molecule has 9 nitrogen and oxygen atoms in total. The minimum Gasteiger partial charge on any atom is -0.481 e. The molecule has 0 spiro atoms. The number of aliphatic carboxylic acids is 1. The van der Waals surface area contributed by atoms with Crippen molar-refractivity contribution in [2.75, 3.05) is 13.1 Å². The molecule has 1 aliphatic rings. The Hall–Kier alpha value is -4.73. The van der Waals surface area contributed by atoms with Crippen LogP contribution in [0.25, 0.3) is 0 Å². The third kappa shape index (κ3) is 7.02. The summed E-state index contributed by atoms with van der Waals surface area (Å²) in [5.74, 6) is -2.97. The summed E-state index contributed by atoms with van der Waals surface area (Å²) in [6.45, 7) is 2.08. The smallest absolute Gasteiger partial charge is 0.412 e. The molecule has 2 atom stereocenters. The molecule has 1 aliphatic heterocycles. The van der Waals surface area contributed by atoms with Crippen molar-refractivity contribution < 1.29 is 33.4 Å². The second-order valence-corrected chi connectivity index (χ2v) is 9.54. The van der Waals surface area contributed by atoms with Gasteiger partial charge in [-0.15, -0.1) is 0 Å². The summed E-state index contributed by atoms with van der Waals surface area (Å²) in [4.78, 5) is 54.7. The van der Waals surface area contributed by atoms with Gasteiger partial charge in [0.25, 0.3) is 11.8 Å². The molecule has 208 valence electrons. The molecule has 0 radical (unpaired) electrons. The Morgan fingerprint density at radius 1 is 0.975 bits per heavy atom. The topological polar surface area (TPSA) is 116 Å².